The molecule has 2 unspecified atom stereocenters. The van der Waals surface area contributed by atoms with Crippen LogP contribution in [0.25, 0.3) is 0 Å². The minimum absolute atomic E-state index is 0.0266. The van der Waals surface area contributed by atoms with Gasteiger partial charge in [-0.2, -0.15) is 0 Å². The van der Waals surface area contributed by atoms with Gasteiger partial charge in [0.05, 0.1) is 10.5 Å². The van der Waals surface area contributed by atoms with Crippen molar-refractivity contribution in [2.24, 2.45) is 5.92 Å². The van der Waals surface area contributed by atoms with Gasteiger partial charge in [0.15, 0.2) is 9.84 Å². The van der Waals surface area contributed by atoms with E-state index in [1.54, 1.807) is 0 Å². The largest absolute Gasteiger partial charge is 0.299 e. The summed E-state index contributed by atoms with van der Waals surface area (Å²) in [5.41, 5.74) is 0. The molecule has 0 amide bonds. The molecule has 3 nitrogen and oxygen atoms in total. The molecule has 0 saturated carbocycles. The van der Waals surface area contributed by atoms with E-state index in [4.69, 9.17) is 0 Å². The van der Waals surface area contributed by atoms with Gasteiger partial charge >= 0.3 is 0 Å². The molecule has 92 valence electrons. The number of rotatable bonds is 3. The molecule has 0 aromatic heterocycles. The van der Waals surface area contributed by atoms with Crippen LogP contribution in [-0.4, -0.2) is 24.7 Å². The first-order valence-corrected chi connectivity index (χ1v) is 7.92. The van der Waals surface area contributed by atoms with E-state index >= 15 is 0 Å². The topological polar surface area (TPSA) is 51.2 Å². The fourth-order valence-corrected chi connectivity index (χ4v) is 5.66. The maximum absolute atomic E-state index is 12.0. The van der Waals surface area contributed by atoms with Crippen molar-refractivity contribution in [3.63, 3.8) is 0 Å². The van der Waals surface area contributed by atoms with Gasteiger partial charge in [0.1, 0.15) is 5.78 Å². The Morgan fingerprint density at radius 3 is 2.25 bits per heavy atom. The molecule has 4 heteroatoms. The van der Waals surface area contributed by atoms with E-state index < -0.39 is 9.84 Å². The molecule has 2 rings (SSSR count). The van der Waals surface area contributed by atoms with Gasteiger partial charge in [-0.05, 0) is 32.1 Å². The van der Waals surface area contributed by atoms with Crippen molar-refractivity contribution < 1.29 is 13.2 Å². The third kappa shape index (κ3) is 2.04. The summed E-state index contributed by atoms with van der Waals surface area (Å²) in [5, 5.41) is -0.434. The quantitative estimate of drug-likeness (QED) is 0.764. The Balaban J connectivity index is 2.12. The molecule has 0 spiro atoms. The number of hydrogen-bond acceptors (Lipinski definition) is 3. The molecule has 2 fully saturated rings. The average Bonchev–Trinajstić information content (AvgIpc) is 2.15. The molecular formula is C12H20O3S. The molecular weight excluding hydrogens is 224 g/mol. The zero-order chi connectivity index (χ0) is 11.8. The minimum Gasteiger partial charge on any atom is -0.299 e. The molecule has 0 aromatic rings. The molecule has 2 aliphatic heterocycles. The van der Waals surface area contributed by atoms with Crippen molar-refractivity contribution in [1.29, 1.82) is 0 Å². The second-order valence-corrected chi connectivity index (χ2v) is 7.66. The van der Waals surface area contributed by atoms with Gasteiger partial charge < -0.3 is 0 Å². The Labute approximate surface area is 97.5 Å². The van der Waals surface area contributed by atoms with Crippen LogP contribution in [0.3, 0.4) is 0 Å². The first kappa shape index (κ1) is 12.1. The molecule has 0 N–H and O–H groups in total. The zero-order valence-electron chi connectivity index (χ0n) is 9.81. The van der Waals surface area contributed by atoms with Crippen LogP contribution >= 0.6 is 0 Å². The van der Waals surface area contributed by atoms with Crippen molar-refractivity contribution in [3.05, 3.63) is 0 Å². The highest BCUT2D eigenvalue weighted by Crippen LogP contribution is 2.39. The van der Waals surface area contributed by atoms with Gasteiger partial charge in [-0.15, -0.1) is 0 Å². The van der Waals surface area contributed by atoms with E-state index in [1.165, 1.54) is 0 Å². The van der Waals surface area contributed by atoms with Crippen molar-refractivity contribution in [2.75, 3.05) is 0 Å². The van der Waals surface area contributed by atoms with Gasteiger partial charge in [0.2, 0.25) is 0 Å². The highest BCUT2D eigenvalue weighted by Gasteiger charge is 2.45. The van der Waals surface area contributed by atoms with Crippen LogP contribution in [0.15, 0.2) is 0 Å². The predicted octanol–water partition coefficient (Wildman–Crippen LogP) is 2.10. The highest BCUT2D eigenvalue weighted by atomic mass is 32.2. The number of Topliss-reactive ketones (excluding diaryl/α,β-unsaturated/α-hetero) is 1. The molecule has 2 aliphatic rings. The number of ketones is 1. The second-order valence-electron chi connectivity index (χ2n) is 5.15. The van der Waals surface area contributed by atoms with Crippen molar-refractivity contribution in [2.45, 2.75) is 62.4 Å². The van der Waals surface area contributed by atoms with E-state index in [2.05, 4.69) is 0 Å². The van der Waals surface area contributed by atoms with Gasteiger partial charge in [0.25, 0.3) is 0 Å². The molecule has 16 heavy (non-hydrogen) atoms. The first-order chi connectivity index (χ1) is 7.55. The smallest absolute Gasteiger partial charge is 0.156 e. The Morgan fingerprint density at radius 2 is 1.75 bits per heavy atom. The van der Waals surface area contributed by atoms with Gasteiger partial charge in [-0.1, -0.05) is 13.3 Å². The summed E-state index contributed by atoms with van der Waals surface area (Å²) in [6, 6.07) is 0. The Kier molecular flexibility index (Phi) is 3.38. The van der Waals surface area contributed by atoms with E-state index in [9.17, 15) is 13.2 Å². The minimum atomic E-state index is -2.90. The fraction of sp³-hybridized carbons (Fsp3) is 0.917. The van der Waals surface area contributed by atoms with Crippen LogP contribution in [0.5, 0.6) is 0 Å². The molecule has 2 bridgehead atoms. The highest BCUT2D eigenvalue weighted by molar-refractivity contribution is 7.92. The zero-order valence-corrected chi connectivity index (χ0v) is 10.6. The number of sulfone groups is 1. The predicted molar refractivity (Wildman–Crippen MR) is 63.0 cm³/mol. The Hall–Kier alpha value is -0.380. The van der Waals surface area contributed by atoms with Crippen molar-refractivity contribution in [3.8, 4) is 0 Å². The van der Waals surface area contributed by atoms with Crippen LogP contribution in [0.1, 0.15) is 51.9 Å². The van der Waals surface area contributed by atoms with E-state index in [1.807, 2.05) is 6.92 Å². The maximum atomic E-state index is 12.0. The van der Waals surface area contributed by atoms with Gasteiger partial charge in [-0.25, -0.2) is 8.42 Å². The van der Waals surface area contributed by atoms with E-state index in [0.717, 1.165) is 25.7 Å². The Bertz CT molecular complexity index is 352. The molecule has 0 aromatic carbocycles. The van der Waals surface area contributed by atoms with Crippen LogP contribution in [0, 0.1) is 5.92 Å². The fourth-order valence-electron chi connectivity index (χ4n) is 3.12. The summed E-state index contributed by atoms with van der Waals surface area (Å²) >= 11 is 0. The Morgan fingerprint density at radius 1 is 1.19 bits per heavy atom. The lowest BCUT2D eigenvalue weighted by Gasteiger charge is -2.38. The summed E-state index contributed by atoms with van der Waals surface area (Å²) < 4.78 is 24.0. The van der Waals surface area contributed by atoms with Crippen molar-refractivity contribution in [1.82, 2.24) is 0 Å². The molecule has 0 radical (unpaired) electrons. The second kappa shape index (κ2) is 4.47. The van der Waals surface area contributed by atoms with Crippen LogP contribution < -0.4 is 0 Å². The van der Waals surface area contributed by atoms with Gasteiger partial charge in [0, 0.05) is 12.3 Å². The number of carbonyl (C=O) groups is 1. The summed E-state index contributed by atoms with van der Waals surface area (Å²) in [4.78, 5) is 11.8. The van der Waals surface area contributed by atoms with Crippen molar-refractivity contribution >= 4 is 15.6 Å². The summed E-state index contributed by atoms with van der Waals surface area (Å²) in [6.45, 7) is 2.00. The lowest BCUT2D eigenvalue weighted by molar-refractivity contribution is -0.123. The summed E-state index contributed by atoms with van der Waals surface area (Å²) in [5.74, 6) is 0.313. The summed E-state index contributed by atoms with van der Waals surface area (Å²) in [7, 11) is -2.90. The standard InChI is InChI=1S/C12H20O3S/c1-2-4-12(13)9-7-10-5-3-6-11(8-9)16(10,14)15/h9-11H,2-8H2,1H3. The van der Waals surface area contributed by atoms with E-state index in [0.29, 0.717) is 19.3 Å². The number of fused-ring (bicyclic) bond motifs is 2. The molecule has 2 atom stereocenters. The first-order valence-electron chi connectivity index (χ1n) is 6.31. The molecule has 2 heterocycles. The summed E-state index contributed by atoms with van der Waals surface area (Å²) in [6.07, 6.45) is 5.24. The monoisotopic (exact) mass is 244 g/mol. The van der Waals surface area contributed by atoms with E-state index in [-0.39, 0.29) is 22.2 Å². The SMILES string of the molecule is CCCC(=O)C1CC2CCCC(C1)S2(=O)=O. The van der Waals surface area contributed by atoms with Crippen LogP contribution in [0.2, 0.25) is 0 Å². The van der Waals surface area contributed by atoms with Crippen LogP contribution in [-0.2, 0) is 14.6 Å². The third-order valence-corrected chi connectivity index (χ3v) is 6.74. The normalized spacial score (nSPS) is 36.9. The number of carbonyl (C=O) groups excluding carboxylic acids is 1. The lowest BCUT2D eigenvalue weighted by atomic mass is 9.85. The number of hydrogen-bond donors (Lipinski definition) is 0. The van der Waals surface area contributed by atoms with Crippen LogP contribution in [0.4, 0.5) is 0 Å². The molecule has 2 saturated heterocycles. The van der Waals surface area contributed by atoms with Gasteiger partial charge in [-0.3, -0.25) is 4.79 Å². The maximum Gasteiger partial charge on any atom is 0.156 e. The molecule has 0 aliphatic carbocycles. The third-order valence-electron chi connectivity index (χ3n) is 4.03. The lowest BCUT2D eigenvalue weighted by Crippen LogP contribution is -2.45. The average molecular weight is 244 g/mol.